The molecule has 0 fully saturated rings. The number of carbonyl (C=O) groups excluding carboxylic acids is 1. The van der Waals surface area contributed by atoms with E-state index in [0.717, 1.165) is 5.56 Å². The Balaban J connectivity index is 1.73. The fourth-order valence-electron chi connectivity index (χ4n) is 2.88. The molecule has 0 aliphatic heterocycles. The normalized spacial score (nSPS) is 11.4. The maximum atomic E-state index is 12.7. The lowest BCUT2D eigenvalue weighted by atomic mass is 10.2. The number of hydrogen-bond acceptors (Lipinski definition) is 6. The predicted molar refractivity (Wildman–Crippen MR) is 116 cm³/mol. The van der Waals surface area contributed by atoms with Gasteiger partial charge in [0.1, 0.15) is 17.3 Å². The molecule has 1 aromatic heterocycles. The van der Waals surface area contributed by atoms with Crippen molar-refractivity contribution in [1.82, 2.24) is 4.31 Å². The molecule has 8 nitrogen and oxygen atoms in total. The van der Waals surface area contributed by atoms with E-state index in [1.165, 1.54) is 31.6 Å². The second-order valence-electron chi connectivity index (χ2n) is 6.86. The summed E-state index contributed by atoms with van der Waals surface area (Å²) in [5.41, 5.74) is 1.39. The third-order valence-electron chi connectivity index (χ3n) is 4.65. The highest BCUT2D eigenvalue weighted by Gasteiger charge is 2.23. The molecular formula is C22H24N2O6S. The molecule has 0 aliphatic rings. The van der Waals surface area contributed by atoms with Crippen LogP contribution in [0.5, 0.6) is 11.5 Å². The average Bonchev–Trinajstić information content (AvgIpc) is 3.22. The summed E-state index contributed by atoms with van der Waals surface area (Å²) in [7, 11) is 0.783. The topological polar surface area (TPSA) is 98.1 Å². The Bertz CT molecular complexity index is 1170. The van der Waals surface area contributed by atoms with E-state index in [9.17, 15) is 13.2 Å². The molecular weight excluding hydrogens is 420 g/mol. The standard InChI is InChI=1S/C22H24N2O6S/c1-15-5-9-18(10-6-15)31(26,27)24(2)14-17-8-12-21(30-17)22(25)23-19-13-16(28-3)7-11-20(19)29-4/h5-13H,14H2,1-4H3,(H,23,25). The third kappa shape index (κ3) is 5.07. The number of aryl methyl sites for hydroxylation is 1. The van der Waals surface area contributed by atoms with E-state index in [4.69, 9.17) is 13.9 Å². The molecule has 0 saturated heterocycles. The summed E-state index contributed by atoms with van der Waals surface area (Å²) in [6.45, 7) is 1.86. The van der Waals surface area contributed by atoms with Gasteiger partial charge in [-0.15, -0.1) is 0 Å². The van der Waals surface area contributed by atoms with Crippen LogP contribution in [0.1, 0.15) is 21.9 Å². The first kappa shape index (κ1) is 22.4. The average molecular weight is 445 g/mol. The molecule has 0 aliphatic carbocycles. The molecule has 0 saturated carbocycles. The Morgan fingerprint density at radius 2 is 1.74 bits per heavy atom. The van der Waals surface area contributed by atoms with Crippen LogP contribution in [-0.2, 0) is 16.6 Å². The first-order chi connectivity index (χ1) is 14.7. The molecule has 2 aromatic carbocycles. The molecule has 31 heavy (non-hydrogen) atoms. The van der Waals surface area contributed by atoms with Gasteiger partial charge in [-0.05, 0) is 43.3 Å². The minimum Gasteiger partial charge on any atom is -0.497 e. The molecule has 0 spiro atoms. The van der Waals surface area contributed by atoms with Crippen LogP contribution in [-0.4, -0.2) is 39.9 Å². The molecule has 0 unspecified atom stereocenters. The number of ether oxygens (including phenoxy) is 2. The first-order valence-corrected chi connectivity index (χ1v) is 10.8. The highest BCUT2D eigenvalue weighted by molar-refractivity contribution is 7.89. The number of methoxy groups -OCH3 is 2. The van der Waals surface area contributed by atoms with E-state index in [-0.39, 0.29) is 17.2 Å². The molecule has 1 amide bonds. The fourth-order valence-corrected chi connectivity index (χ4v) is 4.01. The van der Waals surface area contributed by atoms with E-state index >= 15 is 0 Å². The van der Waals surface area contributed by atoms with E-state index < -0.39 is 15.9 Å². The number of nitrogens with zero attached hydrogens (tertiary/aromatic N) is 1. The van der Waals surface area contributed by atoms with E-state index in [1.54, 1.807) is 48.5 Å². The number of amides is 1. The summed E-state index contributed by atoms with van der Waals surface area (Å²) in [5, 5.41) is 2.71. The lowest BCUT2D eigenvalue weighted by molar-refractivity contribution is 0.0994. The van der Waals surface area contributed by atoms with Crippen molar-refractivity contribution >= 4 is 21.6 Å². The largest absolute Gasteiger partial charge is 0.497 e. The van der Waals surface area contributed by atoms with Gasteiger partial charge in [-0.2, -0.15) is 4.31 Å². The summed E-state index contributed by atoms with van der Waals surface area (Å²) in [5.74, 6) is 0.896. The summed E-state index contributed by atoms with van der Waals surface area (Å²) >= 11 is 0. The summed E-state index contributed by atoms with van der Waals surface area (Å²) < 4.78 is 42.7. The van der Waals surface area contributed by atoms with Crippen molar-refractivity contribution in [3.05, 3.63) is 71.7 Å². The number of benzene rings is 2. The van der Waals surface area contributed by atoms with Crippen molar-refractivity contribution in [3.8, 4) is 11.5 Å². The van der Waals surface area contributed by atoms with Crippen LogP contribution in [0.25, 0.3) is 0 Å². The second kappa shape index (κ2) is 9.23. The van der Waals surface area contributed by atoms with Gasteiger partial charge < -0.3 is 19.2 Å². The minimum atomic E-state index is -3.69. The molecule has 164 valence electrons. The first-order valence-electron chi connectivity index (χ1n) is 9.39. The maximum absolute atomic E-state index is 12.7. The van der Waals surface area contributed by atoms with Gasteiger partial charge in [0.25, 0.3) is 5.91 Å². The number of hydrogen-bond donors (Lipinski definition) is 1. The van der Waals surface area contributed by atoms with Crippen LogP contribution in [0.4, 0.5) is 5.69 Å². The second-order valence-corrected chi connectivity index (χ2v) is 8.91. The van der Waals surface area contributed by atoms with Crippen LogP contribution in [0.3, 0.4) is 0 Å². The van der Waals surface area contributed by atoms with Crippen molar-refractivity contribution in [2.24, 2.45) is 0 Å². The maximum Gasteiger partial charge on any atom is 0.291 e. The molecule has 0 radical (unpaired) electrons. The Morgan fingerprint density at radius 1 is 1.03 bits per heavy atom. The van der Waals surface area contributed by atoms with E-state index in [2.05, 4.69) is 5.32 Å². The third-order valence-corrected chi connectivity index (χ3v) is 6.47. The van der Waals surface area contributed by atoms with Crippen LogP contribution >= 0.6 is 0 Å². The molecule has 3 rings (SSSR count). The lowest BCUT2D eigenvalue weighted by Gasteiger charge is -2.16. The zero-order chi connectivity index (χ0) is 22.6. The van der Waals surface area contributed by atoms with Crippen LogP contribution in [0, 0.1) is 6.92 Å². The van der Waals surface area contributed by atoms with Gasteiger partial charge in [0, 0.05) is 13.1 Å². The van der Waals surface area contributed by atoms with Gasteiger partial charge in [-0.3, -0.25) is 4.79 Å². The molecule has 9 heteroatoms. The van der Waals surface area contributed by atoms with Gasteiger partial charge in [0.05, 0.1) is 31.3 Å². The molecule has 1 N–H and O–H groups in total. The van der Waals surface area contributed by atoms with Crippen LogP contribution in [0.15, 0.2) is 63.9 Å². The monoisotopic (exact) mass is 444 g/mol. The Kier molecular flexibility index (Phi) is 6.67. The minimum absolute atomic E-state index is 0.0219. The van der Waals surface area contributed by atoms with Gasteiger partial charge in [-0.25, -0.2) is 8.42 Å². The number of anilines is 1. The van der Waals surface area contributed by atoms with Crippen LogP contribution < -0.4 is 14.8 Å². The van der Waals surface area contributed by atoms with Crippen molar-refractivity contribution in [3.63, 3.8) is 0 Å². The Morgan fingerprint density at radius 3 is 2.39 bits per heavy atom. The Hall–Kier alpha value is -3.30. The smallest absolute Gasteiger partial charge is 0.291 e. The van der Waals surface area contributed by atoms with Crippen LogP contribution in [0.2, 0.25) is 0 Å². The predicted octanol–water partition coefficient (Wildman–Crippen LogP) is 3.68. The Labute approximate surface area is 181 Å². The number of nitrogens with one attached hydrogen (secondary N) is 1. The van der Waals surface area contributed by atoms with Gasteiger partial charge in [0.15, 0.2) is 5.76 Å². The van der Waals surface area contributed by atoms with E-state index in [0.29, 0.717) is 22.9 Å². The highest BCUT2D eigenvalue weighted by Crippen LogP contribution is 2.29. The van der Waals surface area contributed by atoms with Gasteiger partial charge in [0.2, 0.25) is 10.0 Å². The summed E-state index contributed by atoms with van der Waals surface area (Å²) in [6, 6.07) is 14.7. The molecule has 1 heterocycles. The zero-order valence-corrected chi connectivity index (χ0v) is 18.5. The van der Waals surface area contributed by atoms with Crippen molar-refractivity contribution in [2.45, 2.75) is 18.4 Å². The highest BCUT2D eigenvalue weighted by atomic mass is 32.2. The number of furan rings is 1. The number of sulfonamides is 1. The molecule has 0 atom stereocenters. The van der Waals surface area contributed by atoms with Crippen molar-refractivity contribution < 1.29 is 27.1 Å². The summed E-state index contributed by atoms with van der Waals surface area (Å²) in [4.78, 5) is 12.8. The van der Waals surface area contributed by atoms with Crippen molar-refractivity contribution in [1.29, 1.82) is 0 Å². The fraction of sp³-hybridized carbons (Fsp3) is 0.227. The van der Waals surface area contributed by atoms with Gasteiger partial charge >= 0.3 is 0 Å². The quantitative estimate of drug-likeness (QED) is 0.569. The SMILES string of the molecule is COc1ccc(OC)c(NC(=O)c2ccc(CN(C)S(=O)(=O)c3ccc(C)cc3)o2)c1. The number of carbonyl (C=O) groups is 1. The lowest BCUT2D eigenvalue weighted by Crippen LogP contribution is -2.26. The van der Waals surface area contributed by atoms with Gasteiger partial charge in [-0.1, -0.05) is 17.7 Å². The molecule has 3 aromatic rings. The van der Waals surface area contributed by atoms with Crippen molar-refractivity contribution in [2.75, 3.05) is 26.6 Å². The van der Waals surface area contributed by atoms with E-state index in [1.807, 2.05) is 6.92 Å². The molecule has 0 bridgehead atoms. The number of rotatable bonds is 8. The summed E-state index contributed by atoms with van der Waals surface area (Å²) in [6.07, 6.45) is 0. The zero-order valence-electron chi connectivity index (χ0n) is 17.7.